The number of para-hydroxylation sites is 1. The van der Waals surface area contributed by atoms with E-state index in [1.165, 1.54) is 30.2 Å². The first-order valence-electron chi connectivity index (χ1n) is 7.11. The van der Waals surface area contributed by atoms with E-state index in [1.54, 1.807) is 0 Å². The fourth-order valence-electron chi connectivity index (χ4n) is 2.23. The van der Waals surface area contributed by atoms with E-state index in [-0.39, 0.29) is 0 Å². The molecule has 0 saturated heterocycles. The van der Waals surface area contributed by atoms with Crippen molar-refractivity contribution in [3.05, 3.63) is 35.9 Å². The Morgan fingerprint density at radius 3 is 2.74 bits per heavy atom. The Bertz CT molecular complexity index is 522. The van der Waals surface area contributed by atoms with Gasteiger partial charge in [0.15, 0.2) is 0 Å². The van der Waals surface area contributed by atoms with Gasteiger partial charge >= 0.3 is 0 Å². The average molecular weight is 257 g/mol. The van der Waals surface area contributed by atoms with Crippen molar-refractivity contribution in [1.82, 2.24) is 4.98 Å². The van der Waals surface area contributed by atoms with E-state index in [2.05, 4.69) is 35.4 Å². The molecule has 0 amide bonds. The van der Waals surface area contributed by atoms with Crippen molar-refractivity contribution in [1.29, 1.82) is 0 Å². The quantitative estimate of drug-likeness (QED) is 0.747. The largest absolute Gasteiger partial charge is 0.370 e. The zero-order valence-corrected chi connectivity index (χ0v) is 11.7. The van der Waals surface area contributed by atoms with Crippen LogP contribution < -0.4 is 11.1 Å². The van der Waals surface area contributed by atoms with Crippen LogP contribution in [0.3, 0.4) is 0 Å². The molecule has 19 heavy (non-hydrogen) atoms. The number of hydrogen-bond donors (Lipinski definition) is 2. The highest BCUT2D eigenvalue weighted by molar-refractivity contribution is 5.81. The normalized spacial score (nSPS) is 10.8. The standard InChI is InChI=1S/C16H23N3/c1-13-12-14-8-4-5-9-15(14)19-16(13)18-11-7-3-2-6-10-17/h4-5,8-9,12H,2-3,6-7,10-11,17H2,1H3,(H,18,19). The molecule has 1 heterocycles. The molecule has 2 rings (SSSR count). The number of hydrogen-bond acceptors (Lipinski definition) is 3. The highest BCUT2D eigenvalue weighted by atomic mass is 15.0. The number of fused-ring (bicyclic) bond motifs is 1. The molecule has 0 atom stereocenters. The topological polar surface area (TPSA) is 50.9 Å². The van der Waals surface area contributed by atoms with Gasteiger partial charge in [-0.05, 0) is 44.0 Å². The predicted molar refractivity (Wildman–Crippen MR) is 82.5 cm³/mol. The van der Waals surface area contributed by atoms with Gasteiger partial charge in [0.05, 0.1) is 5.52 Å². The second kappa shape index (κ2) is 7.10. The lowest BCUT2D eigenvalue weighted by molar-refractivity contribution is 0.661. The van der Waals surface area contributed by atoms with Crippen molar-refractivity contribution < 1.29 is 0 Å². The molecular weight excluding hydrogens is 234 g/mol. The van der Waals surface area contributed by atoms with Gasteiger partial charge in [0.2, 0.25) is 0 Å². The Morgan fingerprint density at radius 2 is 1.89 bits per heavy atom. The third-order valence-electron chi connectivity index (χ3n) is 3.34. The molecule has 0 spiro atoms. The van der Waals surface area contributed by atoms with Gasteiger partial charge in [-0.1, -0.05) is 31.0 Å². The van der Waals surface area contributed by atoms with Crippen LogP contribution in [0.25, 0.3) is 10.9 Å². The Hall–Kier alpha value is -1.61. The minimum atomic E-state index is 0.804. The molecule has 0 bridgehead atoms. The number of pyridine rings is 1. The van der Waals surface area contributed by atoms with E-state index in [0.717, 1.165) is 30.8 Å². The van der Waals surface area contributed by atoms with E-state index in [9.17, 15) is 0 Å². The molecule has 0 aliphatic rings. The SMILES string of the molecule is Cc1cc2ccccc2nc1NCCCCCCN. The van der Waals surface area contributed by atoms with Crippen molar-refractivity contribution in [3.8, 4) is 0 Å². The van der Waals surface area contributed by atoms with Gasteiger partial charge < -0.3 is 11.1 Å². The number of nitrogens with zero attached hydrogens (tertiary/aromatic N) is 1. The smallest absolute Gasteiger partial charge is 0.129 e. The van der Waals surface area contributed by atoms with E-state index in [0.29, 0.717) is 0 Å². The molecule has 0 aliphatic carbocycles. The summed E-state index contributed by atoms with van der Waals surface area (Å²) in [6.45, 7) is 3.89. The maximum Gasteiger partial charge on any atom is 0.129 e. The predicted octanol–water partition coefficient (Wildman–Crippen LogP) is 3.47. The summed E-state index contributed by atoms with van der Waals surface area (Å²) in [4.78, 5) is 4.68. The Morgan fingerprint density at radius 1 is 1.11 bits per heavy atom. The van der Waals surface area contributed by atoms with Gasteiger partial charge in [-0.3, -0.25) is 0 Å². The van der Waals surface area contributed by atoms with Crippen LogP contribution in [-0.2, 0) is 0 Å². The molecule has 0 fully saturated rings. The number of benzene rings is 1. The van der Waals surface area contributed by atoms with Gasteiger partial charge in [-0.25, -0.2) is 4.98 Å². The van der Waals surface area contributed by atoms with Crippen LogP contribution >= 0.6 is 0 Å². The molecule has 3 N–H and O–H groups in total. The van der Waals surface area contributed by atoms with Gasteiger partial charge in [-0.15, -0.1) is 0 Å². The summed E-state index contributed by atoms with van der Waals surface area (Å²) in [5, 5.41) is 4.64. The van der Waals surface area contributed by atoms with E-state index in [1.807, 2.05) is 12.1 Å². The summed E-state index contributed by atoms with van der Waals surface area (Å²) in [6, 6.07) is 10.4. The summed E-state index contributed by atoms with van der Waals surface area (Å²) in [5.74, 6) is 1.01. The fraction of sp³-hybridized carbons (Fsp3) is 0.438. The zero-order chi connectivity index (χ0) is 13.5. The summed E-state index contributed by atoms with van der Waals surface area (Å²) < 4.78 is 0. The third-order valence-corrected chi connectivity index (χ3v) is 3.34. The first-order valence-corrected chi connectivity index (χ1v) is 7.11. The lowest BCUT2D eigenvalue weighted by Gasteiger charge is -2.10. The van der Waals surface area contributed by atoms with Crippen LogP contribution in [0.15, 0.2) is 30.3 Å². The first kappa shape index (κ1) is 13.8. The highest BCUT2D eigenvalue weighted by Gasteiger charge is 2.02. The molecular formula is C16H23N3. The second-order valence-electron chi connectivity index (χ2n) is 4.98. The monoisotopic (exact) mass is 257 g/mol. The molecule has 0 aliphatic heterocycles. The maximum absolute atomic E-state index is 5.48. The molecule has 3 nitrogen and oxygen atoms in total. The second-order valence-corrected chi connectivity index (χ2v) is 4.98. The lowest BCUT2D eigenvalue weighted by Crippen LogP contribution is -2.05. The number of nitrogens with two attached hydrogens (primary N) is 1. The average Bonchev–Trinajstić information content (AvgIpc) is 2.43. The van der Waals surface area contributed by atoms with E-state index >= 15 is 0 Å². The molecule has 0 radical (unpaired) electrons. The van der Waals surface area contributed by atoms with Gasteiger partial charge in [0.25, 0.3) is 0 Å². The fourth-order valence-corrected chi connectivity index (χ4v) is 2.23. The van der Waals surface area contributed by atoms with E-state index < -0.39 is 0 Å². The summed E-state index contributed by atoms with van der Waals surface area (Å²) in [7, 11) is 0. The molecule has 1 aromatic carbocycles. The van der Waals surface area contributed by atoms with Crippen LogP contribution in [0.4, 0.5) is 5.82 Å². The Balaban J connectivity index is 1.91. The molecule has 3 heteroatoms. The summed E-state index contributed by atoms with van der Waals surface area (Å²) in [5.41, 5.74) is 7.74. The third kappa shape index (κ3) is 3.93. The Labute approximate surface area is 115 Å². The van der Waals surface area contributed by atoms with Crippen molar-refractivity contribution >= 4 is 16.7 Å². The van der Waals surface area contributed by atoms with Gasteiger partial charge in [0, 0.05) is 11.9 Å². The molecule has 2 aromatic rings. The number of aryl methyl sites for hydroxylation is 1. The van der Waals surface area contributed by atoms with Crippen molar-refractivity contribution in [2.75, 3.05) is 18.4 Å². The van der Waals surface area contributed by atoms with Crippen LogP contribution in [-0.4, -0.2) is 18.1 Å². The summed E-state index contributed by atoms with van der Waals surface area (Å²) in [6.07, 6.45) is 4.76. The zero-order valence-electron chi connectivity index (χ0n) is 11.7. The number of unbranched alkanes of at least 4 members (excludes halogenated alkanes) is 3. The molecule has 0 saturated carbocycles. The number of anilines is 1. The number of aromatic nitrogens is 1. The van der Waals surface area contributed by atoms with Crippen LogP contribution in [0.2, 0.25) is 0 Å². The minimum Gasteiger partial charge on any atom is -0.370 e. The van der Waals surface area contributed by atoms with Crippen molar-refractivity contribution in [2.24, 2.45) is 5.73 Å². The summed E-state index contributed by atoms with van der Waals surface area (Å²) >= 11 is 0. The lowest BCUT2D eigenvalue weighted by atomic mass is 10.1. The van der Waals surface area contributed by atoms with Crippen LogP contribution in [0.5, 0.6) is 0 Å². The molecule has 102 valence electrons. The van der Waals surface area contributed by atoms with E-state index in [4.69, 9.17) is 5.73 Å². The van der Waals surface area contributed by atoms with Crippen molar-refractivity contribution in [2.45, 2.75) is 32.6 Å². The van der Waals surface area contributed by atoms with Crippen LogP contribution in [0, 0.1) is 6.92 Å². The number of nitrogens with one attached hydrogen (secondary N) is 1. The number of rotatable bonds is 7. The van der Waals surface area contributed by atoms with Crippen molar-refractivity contribution in [3.63, 3.8) is 0 Å². The Kier molecular flexibility index (Phi) is 5.16. The molecule has 0 unspecified atom stereocenters. The molecule has 1 aromatic heterocycles. The highest BCUT2D eigenvalue weighted by Crippen LogP contribution is 2.19. The maximum atomic E-state index is 5.48. The van der Waals surface area contributed by atoms with Gasteiger partial charge in [-0.2, -0.15) is 0 Å². The van der Waals surface area contributed by atoms with Gasteiger partial charge in [0.1, 0.15) is 5.82 Å². The first-order chi connectivity index (χ1) is 9.31. The minimum absolute atomic E-state index is 0.804. The van der Waals surface area contributed by atoms with Crippen LogP contribution in [0.1, 0.15) is 31.2 Å².